The molecule has 4 heteroatoms. The molecule has 2 N–H and O–H groups in total. The number of nitrogens with one attached hydrogen (secondary N) is 1. The quantitative estimate of drug-likeness (QED) is 0.805. The lowest BCUT2D eigenvalue weighted by atomic mass is 9.86. The van der Waals surface area contributed by atoms with E-state index in [-0.39, 0.29) is 11.6 Å². The molecule has 1 heterocycles. The molecule has 0 amide bonds. The summed E-state index contributed by atoms with van der Waals surface area (Å²) >= 11 is 0. The Kier molecular flexibility index (Phi) is 4.51. The molecule has 4 nitrogen and oxygen atoms in total. The smallest absolute Gasteiger partial charge is 0.323 e. The second-order valence-electron chi connectivity index (χ2n) is 6.46. The van der Waals surface area contributed by atoms with Crippen molar-refractivity contribution >= 4 is 5.97 Å². The van der Waals surface area contributed by atoms with Crippen molar-refractivity contribution in [3.63, 3.8) is 0 Å². The van der Waals surface area contributed by atoms with Gasteiger partial charge in [-0.25, -0.2) is 0 Å². The number of carboxylic acid groups (broad SMARTS) is 1. The second-order valence-corrected chi connectivity index (χ2v) is 6.46. The van der Waals surface area contributed by atoms with E-state index < -0.39 is 11.5 Å². The van der Waals surface area contributed by atoms with Gasteiger partial charge in [0.1, 0.15) is 5.54 Å². The van der Waals surface area contributed by atoms with Crippen LogP contribution < -0.4 is 5.32 Å². The molecular weight excluding hydrogens is 242 g/mol. The fourth-order valence-corrected chi connectivity index (χ4v) is 3.71. The summed E-state index contributed by atoms with van der Waals surface area (Å²) in [6.45, 7) is 4.61. The molecule has 2 atom stereocenters. The van der Waals surface area contributed by atoms with Crippen LogP contribution in [0, 0.1) is 0 Å². The van der Waals surface area contributed by atoms with E-state index in [0.29, 0.717) is 6.42 Å². The Morgan fingerprint density at radius 1 is 1.47 bits per heavy atom. The Hall–Kier alpha value is -0.610. The maximum atomic E-state index is 11.5. The van der Waals surface area contributed by atoms with Crippen LogP contribution >= 0.6 is 0 Å². The highest BCUT2D eigenvalue weighted by molar-refractivity contribution is 5.78. The SMILES string of the molecule is CCCC(C)(NC1CCOC2(CCCC2)C1)C(=O)O. The van der Waals surface area contributed by atoms with Gasteiger partial charge in [0.15, 0.2) is 0 Å². The summed E-state index contributed by atoms with van der Waals surface area (Å²) in [4.78, 5) is 11.5. The highest BCUT2D eigenvalue weighted by Crippen LogP contribution is 2.40. The van der Waals surface area contributed by atoms with Crippen molar-refractivity contribution < 1.29 is 14.6 Å². The van der Waals surface area contributed by atoms with Crippen molar-refractivity contribution in [1.82, 2.24) is 5.32 Å². The molecule has 0 aromatic carbocycles. The van der Waals surface area contributed by atoms with Crippen LogP contribution in [0.4, 0.5) is 0 Å². The molecule has 1 spiro atoms. The zero-order valence-electron chi connectivity index (χ0n) is 12.2. The van der Waals surface area contributed by atoms with E-state index in [9.17, 15) is 9.90 Å². The van der Waals surface area contributed by atoms with Crippen molar-refractivity contribution in [3.05, 3.63) is 0 Å². The van der Waals surface area contributed by atoms with Crippen LogP contribution in [0.2, 0.25) is 0 Å². The van der Waals surface area contributed by atoms with Crippen molar-refractivity contribution in [2.75, 3.05) is 6.61 Å². The van der Waals surface area contributed by atoms with Crippen LogP contribution in [0.15, 0.2) is 0 Å². The Bertz CT molecular complexity index is 325. The summed E-state index contributed by atoms with van der Waals surface area (Å²) in [6.07, 6.45) is 8.23. The van der Waals surface area contributed by atoms with E-state index in [0.717, 1.165) is 38.7 Å². The highest BCUT2D eigenvalue weighted by atomic mass is 16.5. The lowest BCUT2D eigenvalue weighted by molar-refractivity contribution is -0.146. The van der Waals surface area contributed by atoms with E-state index in [2.05, 4.69) is 5.32 Å². The zero-order valence-corrected chi connectivity index (χ0v) is 12.2. The molecule has 1 aliphatic carbocycles. The Labute approximate surface area is 115 Å². The Morgan fingerprint density at radius 2 is 2.16 bits per heavy atom. The van der Waals surface area contributed by atoms with Crippen LogP contribution in [-0.2, 0) is 9.53 Å². The van der Waals surface area contributed by atoms with Gasteiger partial charge < -0.3 is 9.84 Å². The fraction of sp³-hybridized carbons (Fsp3) is 0.933. The molecule has 1 saturated heterocycles. The number of hydrogen-bond acceptors (Lipinski definition) is 3. The maximum Gasteiger partial charge on any atom is 0.323 e. The van der Waals surface area contributed by atoms with Gasteiger partial charge in [0, 0.05) is 12.6 Å². The van der Waals surface area contributed by atoms with Crippen LogP contribution in [0.25, 0.3) is 0 Å². The van der Waals surface area contributed by atoms with Crippen LogP contribution in [0.1, 0.15) is 65.2 Å². The summed E-state index contributed by atoms with van der Waals surface area (Å²) in [5, 5.41) is 12.9. The van der Waals surface area contributed by atoms with Crippen molar-refractivity contribution in [1.29, 1.82) is 0 Å². The summed E-state index contributed by atoms with van der Waals surface area (Å²) in [6, 6.07) is 0.277. The number of carbonyl (C=O) groups is 1. The maximum absolute atomic E-state index is 11.5. The number of ether oxygens (including phenoxy) is 1. The van der Waals surface area contributed by atoms with Gasteiger partial charge in [-0.1, -0.05) is 26.2 Å². The standard InChI is InChI=1S/C15H27NO3/c1-3-7-14(2,13(17)18)16-12-6-10-19-15(11-12)8-4-5-9-15/h12,16H,3-11H2,1-2H3,(H,17,18). The van der Waals surface area contributed by atoms with Gasteiger partial charge in [-0.2, -0.15) is 0 Å². The van der Waals surface area contributed by atoms with Crippen LogP contribution in [-0.4, -0.2) is 34.9 Å². The topological polar surface area (TPSA) is 58.6 Å². The van der Waals surface area contributed by atoms with Gasteiger partial charge in [-0.3, -0.25) is 10.1 Å². The minimum atomic E-state index is -0.795. The van der Waals surface area contributed by atoms with Crippen molar-refractivity contribution in [2.24, 2.45) is 0 Å². The number of carboxylic acids is 1. The van der Waals surface area contributed by atoms with Gasteiger partial charge in [0.05, 0.1) is 5.60 Å². The first-order chi connectivity index (χ1) is 9.00. The molecule has 0 aromatic rings. The fourth-order valence-electron chi connectivity index (χ4n) is 3.71. The molecule has 1 aliphatic heterocycles. The molecule has 1 saturated carbocycles. The number of rotatable bonds is 5. The molecule has 110 valence electrons. The first kappa shape index (κ1) is 14.8. The van der Waals surface area contributed by atoms with Crippen LogP contribution in [0.3, 0.4) is 0 Å². The second kappa shape index (κ2) is 5.80. The molecule has 0 radical (unpaired) electrons. The molecule has 2 unspecified atom stereocenters. The third kappa shape index (κ3) is 3.29. The summed E-state index contributed by atoms with van der Waals surface area (Å²) in [5.74, 6) is -0.735. The minimum absolute atomic E-state index is 0.0432. The molecular formula is C15H27NO3. The monoisotopic (exact) mass is 269 g/mol. The summed E-state index contributed by atoms with van der Waals surface area (Å²) < 4.78 is 6.00. The normalized spacial score (nSPS) is 29.3. The molecule has 0 aromatic heterocycles. The zero-order chi connectivity index (χ0) is 13.9. The van der Waals surface area contributed by atoms with E-state index in [1.807, 2.05) is 13.8 Å². The predicted molar refractivity (Wildman–Crippen MR) is 74.3 cm³/mol. The molecule has 0 bridgehead atoms. The lowest BCUT2D eigenvalue weighted by Crippen LogP contribution is -2.57. The third-order valence-corrected chi connectivity index (χ3v) is 4.75. The molecule has 2 fully saturated rings. The van der Waals surface area contributed by atoms with Gasteiger partial charge >= 0.3 is 5.97 Å². The van der Waals surface area contributed by atoms with Gasteiger partial charge in [0.25, 0.3) is 0 Å². The van der Waals surface area contributed by atoms with Gasteiger partial charge in [-0.05, 0) is 39.0 Å². The Balaban J connectivity index is 1.99. The first-order valence-electron chi connectivity index (χ1n) is 7.65. The molecule has 2 aliphatic rings. The number of hydrogen-bond donors (Lipinski definition) is 2. The van der Waals surface area contributed by atoms with E-state index in [1.165, 1.54) is 12.8 Å². The van der Waals surface area contributed by atoms with E-state index in [1.54, 1.807) is 0 Å². The summed E-state index contributed by atoms with van der Waals surface area (Å²) in [5.41, 5.74) is -0.752. The average Bonchev–Trinajstić information content (AvgIpc) is 2.77. The molecule has 2 rings (SSSR count). The Morgan fingerprint density at radius 3 is 2.74 bits per heavy atom. The van der Waals surface area contributed by atoms with Crippen molar-refractivity contribution in [3.8, 4) is 0 Å². The predicted octanol–water partition coefficient (Wildman–Crippen LogP) is 2.71. The number of aliphatic carboxylic acids is 1. The average molecular weight is 269 g/mol. The van der Waals surface area contributed by atoms with E-state index >= 15 is 0 Å². The van der Waals surface area contributed by atoms with Gasteiger partial charge in [-0.15, -0.1) is 0 Å². The van der Waals surface area contributed by atoms with Crippen molar-refractivity contribution in [2.45, 2.75) is 82.4 Å². The molecule has 19 heavy (non-hydrogen) atoms. The highest BCUT2D eigenvalue weighted by Gasteiger charge is 2.42. The third-order valence-electron chi connectivity index (χ3n) is 4.75. The van der Waals surface area contributed by atoms with E-state index in [4.69, 9.17) is 4.74 Å². The van der Waals surface area contributed by atoms with Gasteiger partial charge in [0.2, 0.25) is 0 Å². The lowest BCUT2D eigenvalue weighted by Gasteiger charge is -2.41. The first-order valence-corrected chi connectivity index (χ1v) is 7.65. The minimum Gasteiger partial charge on any atom is -0.480 e. The largest absolute Gasteiger partial charge is 0.480 e. The summed E-state index contributed by atoms with van der Waals surface area (Å²) in [7, 11) is 0. The van der Waals surface area contributed by atoms with Crippen LogP contribution in [0.5, 0.6) is 0 Å².